The zero-order valence-electron chi connectivity index (χ0n) is 17.6. The van der Waals surface area contributed by atoms with Crippen LogP contribution in [0.5, 0.6) is 5.75 Å². The van der Waals surface area contributed by atoms with Crippen molar-refractivity contribution in [3.63, 3.8) is 0 Å². The first-order chi connectivity index (χ1) is 15.8. The molecule has 3 aromatic rings. The summed E-state index contributed by atoms with van der Waals surface area (Å²) in [4.78, 5) is 29.2. The fourth-order valence-corrected chi connectivity index (χ4v) is 6.81. The number of halogens is 2. The van der Waals surface area contributed by atoms with Crippen molar-refractivity contribution in [1.82, 2.24) is 0 Å². The Balaban J connectivity index is 1.67. The second kappa shape index (κ2) is 6.69. The van der Waals surface area contributed by atoms with Gasteiger partial charge in [-0.15, -0.1) is 0 Å². The molecular weight excluding hydrogens is 506 g/mol. The highest BCUT2D eigenvalue weighted by Crippen LogP contribution is 2.88. The van der Waals surface area contributed by atoms with Gasteiger partial charge in [-0.1, -0.05) is 64.8 Å². The quantitative estimate of drug-likeness (QED) is 0.283. The number of amides is 1. The minimum Gasteiger partial charge on any atom is -0.425 e. The van der Waals surface area contributed by atoms with E-state index in [2.05, 4.69) is 15.9 Å². The van der Waals surface area contributed by atoms with E-state index >= 15 is 0 Å². The lowest BCUT2D eigenvalue weighted by Gasteiger charge is -2.42. The first-order valence-electron chi connectivity index (χ1n) is 10.7. The van der Waals surface area contributed by atoms with E-state index in [0.717, 1.165) is 10.0 Å². The summed E-state index contributed by atoms with van der Waals surface area (Å²) in [5, 5.41) is 13.2. The predicted octanol–water partition coefficient (Wildman–Crippen LogP) is 5.39. The van der Waals surface area contributed by atoms with Gasteiger partial charge in [0.05, 0.1) is 5.41 Å². The largest absolute Gasteiger partial charge is 0.425 e. The Hall–Kier alpha value is -2.67. The Morgan fingerprint density at radius 3 is 2.36 bits per heavy atom. The average molecular weight is 525 g/mol. The molecule has 1 saturated heterocycles. The van der Waals surface area contributed by atoms with Crippen molar-refractivity contribution in [3.05, 3.63) is 93.4 Å². The molecule has 1 N–H and O–H groups in total. The molecule has 0 bridgehead atoms. The number of benzene rings is 3. The van der Waals surface area contributed by atoms with Crippen molar-refractivity contribution >= 4 is 45.1 Å². The maximum absolute atomic E-state index is 14.3. The Kier molecular flexibility index (Phi) is 4.24. The fraction of sp³-hybridized carbons (Fsp3) is 0.231. The molecule has 1 spiro atoms. The van der Waals surface area contributed by atoms with Crippen LogP contribution >= 0.6 is 27.5 Å². The number of rotatable bonds is 3. The molecule has 1 saturated carbocycles. The third kappa shape index (κ3) is 2.22. The molecule has 1 amide bonds. The standard InChI is InChI=1S/C26H19BrClNO4/c1-2-24-21-19-5-3-4-6-20(19)33-23(31)25(21,24)22(30)29(18-13-9-16(27)10-14-18)26(24,32)15-7-11-17(28)12-8-15/h3-14,21,32H,2H2,1H3. The second-order valence-electron chi connectivity index (χ2n) is 8.79. The van der Waals surface area contributed by atoms with E-state index in [9.17, 15) is 14.7 Å². The van der Waals surface area contributed by atoms with Gasteiger partial charge in [0.2, 0.25) is 5.91 Å². The summed E-state index contributed by atoms with van der Waals surface area (Å²) in [7, 11) is 0. The Morgan fingerprint density at radius 2 is 1.70 bits per heavy atom. The average Bonchev–Trinajstić information content (AvgIpc) is 3.43. The van der Waals surface area contributed by atoms with Gasteiger partial charge in [-0.2, -0.15) is 0 Å². The van der Waals surface area contributed by atoms with Crippen LogP contribution in [-0.4, -0.2) is 17.0 Å². The van der Waals surface area contributed by atoms with Crippen LogP contribution in [0.1, 0.15) is 30.4 Å². The molecule has 166 valence electrons. The van der Waals surface area contributed by atoms with Crippen LogP contribution in [0.25, 0.3) is 0 Å². The van der Waals surface area contributed by atoms with Crippen molar-refractivity contribution in [2.45, 2.75) is 25.0 Å². The lowest BCUT2D eigenvalue weighted by atomic mass is 9.79. The normalized spacial score (nSPS) is 31.5. The molecule has 0 aromatic heterocycles. The molecule has 4 unspecified atom stereocenters. The zero-order valence-corrected chi connectivity index (χ0v) is 19.9. The highest BCUT2D eigenvalue weighted by Gasteiger charge is 2.98. The number of ether oxygens (including phenoxy) is 1. The lowest BCUT2D eigenvalue weighted by molar-refractivity contribution is -0.147. The van der Waals surface area contributed by atoms with Gasteiger partial charge in [-0.25, -0.2) is 0 Å². The number of para-hydroxylation sites is 1. The van der Waals surface area contributed by atoms with Gasteiger partial charge >= 0.3 is 5.97 Å². The van der Waals surface area contributed by atoms with E-state index in [-0.39, 0.29) is 0 Å². The second-order valence-corrected chi connectivity index (χ2v) is 10.1. The van der Waals surface area contributed by atoms with Crippen LogP contribution in [0.15, 0.2) is 77.3 Å². The topological polar surface area (TPSA) is 66.8 Å². The minimum atomic E-state index is -1.79. The minimum absolute atomic E-state index is 0.388. The molecule has 6 rings (SSSR count). The highest BCUT2D eigenvalue weighted by molar-refractivity contribution is 9.10. The molecule has 3 aromatic carbocycles. The number of esters is 1. The van der Waals surface area contributed by atoms with Gasteiger partial charge < -0.3 is 9.84 Å². The van der Waals surface area contributed by atoms with E-state index in [0.29, 0.717) is 28.4 Å². The van der Waals surface area contributed by atoms with E-state index in [1.165, 1.54) is 4.90 Å². The third-order valence-corrected chi connectivity index (χ3v) is 8.46. The summed E-state index contributed by atoms with van der Waals surface area (Å²) in [5.74, 6) is -1.10. The summed E-state index contributed by atoms with van der Waals surface area (Å²) in [6.45, 7) is 1.91. The first-order valence-corrected chi connectivity index (χ1v) is 11.9. The van der Waals surface area contributed by atoms with Crippen LogP contribution in [0.2, 0.25) is 5.02 Å². The molecule has 2 heterocycles. The number of hydrogen-bond acceptors (Lipinski definition) is 4. The van der Waals surface area contributed by atoms with E-state index in [1.807, 2.05) is 19.1 Å². The fourth-order valence-electron chi connectivity index (χ4n) is 6.42. The molecule has 1 aliphatic carbocycles. The SMILES string of the molecule is CCC12C3c4ccccc4OC(=O)C31C(=O)N(c1ccc(Br)cc1)C2(O)c1ccc(Cl)cc1. The number of carbonyl (C=O) groups is 2. The number of anilines is 1. The summed E-state index contributed by atoms with van der Waals surface area (Å²) < 4.78 is 6.55. The Bertz CT molecular complexity index is 1330. The monoisotopic (exact) mass is 523 g/mol. The van der Waals surface area contributed by atoms with E-state index in [1.54, 1.807) is 60.7 Å². The van der Waals surface area contributed by atoms with E-state index in [4.69, 9.17) is 16.3 Å². The molecule has 4 atom stereocenters. The first kappa shape index (κ1) is 20.9. The van der Waals surface area contributed by atoms with Crippen molar-refractivity contribution in [2.24, 2.45) is 10.8 Å². The number of piperidine rings is 1. The predicted molar refractivity (Wildman–Crippen MR) is 127 cm³/mol. The van der Waals surface area contributed by atoms with Gasteiger partial charge in [-0.05, 0) is 48.9 Å². The maximum atomic E-state index is 14.3. The summed E-state index contributed by atoms with van der Waals surface area (Å²) >= 11 is 9.57. The van der Waals surface area contributed by atoms with Gasteiger partial charge in [-0.3, -0.25) is 14.5 Å². The van der Waals surface area contributed by atoms with Crippen molar-refractivity contribution < 1.29 is 19.4 Å². The third-order valence-electron chi connectivity index (χ3n) is 7.68. The Morgan fingerprint density at radius 1 is 1.03 bits per heavy atom. The van der Waals surface area contributed by atoms with Crippen LogP contribution in [0.3, 0.4) is 0 Å². The van der Waals surface area contributed by atoms with Crippen LogP contribution in [0.4, 0.5) is 5.69 Å². The van der Waals surface area contributed by atoms with Gasteiger partial charge in [0, 0.05) is 32.2 Å². The number of carbonyl (C=O) groups excluding carboxylic acids is 2. The van der Waals surface area contributed by atoms with Gasteiger partial charge in [0.25, 0.3) is 0 Å². The Labute approximate surface area is 204 Å². The summed E-state index contributed by atoms with van der Waals surface area (Å²) in [6, 6.07) is 21.2. The molecule has 0 radical (unpaired) electrons. The maximum Gasteiger partial charge on any atom is 0.328 e. The summed E-state index contributed by atoms with van der Waals surface area (Å²) in [6.07, 6.45) is 0.388. The van der Waals surface area contributed by atoms with Crippen molar-refractivity contribution in [3.8, 4) is 5.75 Å². The van der Waals surface area contributed by atoms with Gasteiger partial charge in [0.15, 0.2) is 11.1 Å². The number of nitrogens with zero attached hydrogens (tertiary/aromatic N) is 1. The van der Waals surface area contributed by atoms with Crippen molar-refractivity contribution in [1.29, 1.82) is 0 Å². The molecule has 2 aliphatic heterocycles. The van der Waals surface area contributed by atoms with Crippen LogP contribution in [0, 0.1) is 10.8 Å². The van der Waals surface area contributed by atoms with Crippen LogP contribution in [-0.2, 0) is 15.3 Å². The number of aliphatic hydroxyl groups is 1. The van der Waals surface area contributed by atoms with Crippen molar-refractivity contribution in [2.75, 3.05) is 4.90 Å². The molecule has 5 nitrogen and oxygen atoms in total. The molecule has 3 aliphatic rings. The molecular formula is C26H19BrClNO4. The molecule has 33 heavy (non-hydrogen) atoms. The number of fused-ring (bicyclic) bond motifs is 3. The molecule has 2 fully saturated rings. The number of hydrogen-bond donors (Lipinski definition) is 1. The van der Waals surface area contributed by atoms with E-state index < -0.39 is 34.3 Å². The summed E-state index contributed by atoms with van der Waals surface area (Å²) in [5.41, 5.74) is -2.63. The highest BCUT2D eigenvalue weighted by atomic mass is 79.9. The zero-order chi connectivity index (χ0) is 23.2. The van der Waals surface area contributed by atoms with Crippen LogP contribution < -0.4 is 9.64 Å². The lowest BCUT2D eigenvalue weighted by Crippen LogP contribution is -2.52. The molecule has 7 heteroatoms. The smallest absolute Gasteiger partial charge is 0.328 e. The van der Waals surface area contributed by atoms with Gasteiger partial charge in [0.1, 0.15) is 5.75 Å².